The van der Waals surface area contributed by atoms with E-state index in [1.54, 1.807) is 12.4 Å². The number of nitriles is 1. The van der Waals surface area contributed by atoms with Crippen LogP contribution in [-0.4, -0.2) is 22.6 Å². The van der Waals surface area contributed by atoms with Crippen LogP contribution in [0.2, 0.25) is 5.02 Å². The van der Waals surface area contributed by atoms with E-state index in [1.807, 2.05) is 20.0 Å². The van der Waals surface area contributed by atoms with Crippen LogP contribution in [0, 0.1) is 18.3 Å². The van der Waals surface area contributed by atoms with Gasteiger partial charge < -0.3 is 15.6 Å². The van der Waals surface area contributed by atoms with Gasteiger partial charge in [-0.1, -0.05) is 11.6 Å². The molecule has 1 aliphatic carbocycles. The smallest absolute Gasteiger partial charge is 0.0994 e. The molecule has 3 aromatic rings. The highest BCUT2D eigenvalue weighted by atomic mass is 35.5. The molecule has 1 fully saturated rings. The van der Waals surface area contributed by atoms with E-state index >= 15 is 0 Å². The highest BCUT2D eigenvalue weighted by Crippen LogP contribution is 2.41. The summed E-state index contributed by atoms with van der Waals surface area (Å²) in [7, 11) is 2.04. The number of aryl methyl sites for hydroxylation is 1. The SMILES string of the molecule is CN[C@H]1CC[C@@H](n2cc(-c3cncc(N)c3Cl)c3cc(C#N)c(C)cc32)CC1. The molecule has 4 rings (SSSR count). The van der Waals surface area contributed by atoms with Crippen LogP contribution in [0.4, 0.5) is 5.69 Å². The topological polar surface area (TPSA) is 79.7 Å². The van der Waals surface area contributed by atoms with Gasteiger partial charge in [0.25, 0.3) is 0 Å². The number of nitrogens with zero attached hydrogens (tertiary/aromatic N) is 3. The first kappa shape index (κ1) is 18.8. The van der Waals surface area contributed by atoms with Gasteiger partial charge in [0.15, 0.2) is 0 Å². The Morgan fingerprint density at radius 1 is 1.21 bits per heavy atom. The predicted molar refractivity (Wildman–Crippen MR) is 114 cm³/mol. The summed E-state index contributed by atoms with van der Waals surface area (Å²) in [6.45, 7) is 1.99. The first-order valence-electron chi connectivity index (χ1n) is 9.65. The molecule has 0 radical (unpaired) electrons. The van der Waals surface area contributed by atoms with Crippen LogP contribution >= 0.6 is 11.6 Å². The van der Waals surface area contributed by atoms with E-state index in [1.165, 1.54) is 0 Å². The van der Waals surface area contributed by atoms with E-state index in [-0.39, 0.29) is 0 Å². The molecule has 28 heavy (non-hydrogen) atoms. The zero-order chi connectivity index (χ0) is 19.8. The normalized spacial score (nSPS) is 19.6. The Balaban J connectivity index is 1.91. The van der Waals surface area contributed by atoms with Crippen molar-refractivity contribution < 1.29 is 0 Å². The number of nitrogen functional groups attached to an aromatic ring is 1. The van der Waals surface area contributed by atoms with E-state index in [4.69, 9.17) is 17.3 Å². The molecule has 6 heteroatoms. The molecule has 0 amide bonds. The van der Waals surface area contributed by atoms with Gasteiger partial charge in [-0.3, -0.25) is 4.98 Å². The van der Waals surface area contributed by atoms with E-state index in [0.29, 0.717) is 28.4 Å². The van der Waals surface area contributed by atoms with Crippen molar-refractivity contribution in [3.05, 3.63) is 46.9 Å². The van der Waals surface area contributed by atoms with Crippen LogP contribution in [0.25, 0.3) is 22.0 Å². The zero-order valence-corrected chi connectivity index (χ0v) is 16.9. The van der Waals surface area contributed by atoms with Crippen LogP contribution in [-0.2, 0) is 0 Å². The van der Waals surface area contributed by atoms with Crippen molar-refractivity contribution in [2.45, 2.75) is 44.7 Å². The van der Waals surface area contributed by atoms with Crippen LogP contribution < -0.4 is 11.1 Å². The monoisotopic (exact) mass is 393 g/mol. The van der Waals surface area contributed by atoms with Gasteiger partial charge in [-0.25, -0.2) is 0 Å². The Kier molecular flexibility index (Phi) is 5.01. The van der Waals surface area contributed by atoms with Crippen LogP contribution in [0.3, 0.4) is 0 Å². The van der Waals surface area contributed by atoms with Crippen molar-refractivity contribution in [2.24, 2.45) is 0 Å². The average molecular weight is 394 g/mol. The minimum absolute atomic E-state index is 0.431. The molecule has 2 aromatic heterocycles. The predicted octanol–water partition coefficient (Wildman–Crippen LogP) is 4.82. The number of benzene rings is 1. The summed E-state index contributed by atoms with van der Waals surface area (Å²) < 4.78 is 2.37. The van der Waals surface area contributed by atoms with Gasteiger partial charge in [0, 0.05) is 46.5 Å². The molecule has 5 nitrogen and oxygen atoms in total. The Morgan fingerprint density at radius 3 is 2.64 bits per heavy atom. The molecule has 144 valence electrons. The van der Waals surface area contributed by atoms with E-state index in [9.17, 15) is 5.26 Å². The average Bonchev–Trinajstić information content (AvgIpc) is 3.07. The lowest BCUT2D eigenvalue weighted by atomic mass is 9.91. The van der Waals surface area contributed by atoms with Gasteiger partial charge in [-0.2, -0.15) is 5.26 Å². The van der Waals surface area contributed by atoms with Crippen molar-refractivity contribution in [1.82, 2.24) is 14.9 Å². The maximum atomic E-state index is 9.53. The molecular formula is C22H24ClN5. The molecule has 0 saturated heterocycles. The molecule has 1 saturated carbocycles. The largest absolute Gasteiger partial charge is 0.396 e. The number of anilines is 1. The maximum Gasteiger partial charge on any atom is 0.0994 e. The van der Waals surface area contributed by atoms with Crippen molar-refractivity contribution in [3.63, 3.8) is 0 Å². The third kappa shape index (κ3) is 3.13. The molecule has 2 heterocycles. The third-order valence-corrected chi connectivity index (χ3v) is 6.42. The second-order valence-corrected chi connectivity index (χ2v) is 8.01. The van der Waals surface area contributed by atoms with Gasteiger partial charge >= 0.3 is 0 Å². The fourth-order valence-corrected chi connectivity index (χ4v) is 4.53. The van der Waals surface area contributed by atoms with Crippen molar-refractivity contribution in [3.8, 4) is 17.2 Å². The number of hydrogen-bond donors (Lipinski definition) is 2. The van der Waals surface area contributed by atoms with Gasteiger partial charge in [0.05, 0.1) is 28.5 Å². The fourth-order valence-electron chi connectivity index (χ4n) is 4.33. The third-order valence-electron chi connectivity index (χ3n) is 6.00. The lowest BCUT2D eigenvalue weighted by molar-refractivity contribution is 0.305. The summed E-state index contributed by atoms with van der Waals surface area (Å²) in [5, 5.41) is 14.5. The minimum Gasteiger partial charge on any atom is -0.396 e. The molecule has 1 aromatic carbocycles. The Hall–Kier alpha value is -2.55. The number of nitrogens with two attached hydrogens (primary N) is 1. The number of nitrogens with one attached hydrogen (secondary N) is 1. The quantitative estimate of drug-likeness (QED) is 0.668. The second kappa shape index (κ2) is 7.46. The van der Waals surface area contributed by atoms with Gasteiger partial charge in [0.1, 0.15) is 0 Å². The number of pyridine rings is 1. The fraction of sp³-hybridized carbons (Fsp3) is 0.364. The van der Waals surface area contributed by atoms with Crippen LogP contribution in [0.15, 0.2) is 30.7 Å². The molecule has 0 bridgehead atoms. The Morgan fingerprint density at radius 2 is 1.96 bits per heavy atom. The van der Waals surface area contributed by atoms with E-state index in [0.717, 1.165) is 53.3 Å². The Labute approximate surface area is 170 Å². The summed E-state index contributed by atoms with van der Waals surface area (Å²) >= 11 is 6.52. The first-order valence-corrected chi connectivity index (χ1v) is 10.0. The molecule has 0 unspecified atom stereocenters. The highest BCUT2D eigenvalue weighted by molar-refractivity contribution is 6.36. The minimum atomic E-state index is 0.431. The maximum absolute atomic E-state index is 9.53. The number of rotatable bonds is 3. The van der Waals surface area contributed by atoms with Crippen molar-refractivity contribution in [2.75, 3.05) is 12.8 Å². The standard InChI is InChI=1S/C22H24ClN5/c1-13-7-21-17(8-14(13)9-24)19(18-10-27-11-20(25)22(18)23)12-28(21)16-5-3-15(26-2)4-6-16/h7-8,10-12,15-16,26H,3-6,25H2,1-2H3/t15-,16+. The lowest BCUT2D eigenvalue weighted by Gasteiger charge is -2.30. The highest BCUT2D eigenvalue weighted by Gasteiger charge is 2.24. The van der Waals surface area contributed by atoms with Crippen molar-refractivity contribution in [1.29, 1.82) is 5.26 Å². The number of hydrogen-bond acceptors (Lipinski definition) is 4. The van der Waals surface area contributed by atoms with Crippen LogP contribution in [0.1, 0.15) is 42.9 Å². The first-order chi connectivity index (χ1) is 13.5. The summed E-state index contributed by atoms with van der Waals surface area (Å²) in [4.78, 5) is 4.24. The number of aromatic nitrogens is 2. The van der Waals surface area contributed by atoms with Gasteiger partial charge in [-0.15, -0.1) is 0 Å². The summed E-state index contributed by atoms with van der Waals surface area (Å²) in [6.07, 6.45) is 10.0. The van der Waals surface area contributed by atoms with Gasteiger partial charge in [-0.05, 0) is 57.4 Å². The zero-order valence-electron chi connectivity index (χ0n) is 16.2. The summed E-state index contributed by atoms with van der Waals surface area (Å²) in [5.74, 6) is 0. The Bertz CT molecular complexity index is 1070. The van der Waals surface area contributed by atoms with E-state index in [2.05, 4.69) is 33.2 Å². The van der Waals surface area contributed by atoms with E-state index < -0.39 is 0 Å². The van der Waals surface area contributed by atoms with Crippen LogP contribution in [0.5, 0.6) is 0 Å². The van der Waals surface area contributed by atoms with Gasteiger partial charge in [0.2, 0.25) is 0 Å². The molecule has 3 N–H and O–H groups in total. The molecule has 0 atom stereocenters. The number of fused-ring (bicyclic) bond motifs is 1. The van der Waals surface area contributed by atoms with Crippen molar-refractivity contribution >= 4 is 28.2 Å². The molecular weight excluding hydrogens is 370 g/mol. The molecule has 0 spiro atoms. The molecule has 0 aliphatic heterocycles. The number of halogens is 1. The summed E-state index contributed by atoms with van der Waals surface area (Å²) in [5.41, 5.74) is 11.1. The molecule has 1 aliphatic rings. The lowest BCUT2D eigenvalue weighted by Crippen LogP contribution is -2.30. The summed E-state index contributed by atoms with van der Waals surface area (Å²) in [6, 6.07) is 7.42. The second-order valence-electron chi connectivity index (χ2n) is 7.63.